The number of aromatic nitrogens is 2. The third kappa shape index (κ3) is 8.01. The van der Waals surface area contributed by atoms with Gasteiger partial charge < -0.3 is 25.4 Å². The molecule has 11 heteroatoms. The summed E-state index contributed by atoms with van der Waals surface area (Å²) < 4.78 is 12.8. The molecule has 0 saturated heterocycles. The van der Waals surface area contributed by atoms with E-state index in [1.165, 1.54) is 6.92 Å². The average molecular weight is 596 g/mol. The summed E-state index contributed by atoms with van der Waals surface area (Å²) in [6.07, 6.45) is 3.86. The molecule has 1 aromatic heterocycles. The number of esters is 2. The predicted octanol–water partition coefficient (Wildman–Crippen LogP) is 3.84. The highest BCUT2D eigenvalue weighted by Crippen LogP contribution is 2.38. The van der Waals surface area contributed by atoms with E-state index in [4.69, 9.17) is 20.3 Å². The zero-order valence-electron chi connectivity index (χ0n) is 26.2. The standard InChI is InChI=1S/C32H45N5O6/c1-7-25-30-27(16-32(3,4)17-28(30)39)37(35-25)21-10-13-24(31(33)41)26(14-21)34-20-8-11-22(12-9-20)43-29(40)15-23(18-36(5)6)42-19(2)38/h10,13-14,20,22-23,34H,7-9,11-12,15-18H2,1-6H3,(H2,33,41). The Morgan fingerprint density at radius 2 is 1.86 bits per heavy atom. The zero-order valence-corrected chi connectivity index (χ0v) is 26.2. The van der Waals surface area contributed by atoms with Crippen molar-refractivity contribution in [1.82, 2.24) is 14.7 Å². The van der Waals surface area contributed by atoms with Crippen molar-refractivity contribution in [1.29, 1.82) is 0 Å². The van der Waals surface area contributed by atoms with Crippen LogP contribution in [0.2, 0.25) is 0 Å². The minimum Gasteiger partial charge on any atom is -0.462 e. The van der Waals surface area contributed by atoms with Gasteiger partial charge in [-0.2, -0.15) is 5.10 Å². The minimum atomic E-state index is -0.560. The lowest BCUT2D eigenvalue weighted by Crippen LogP contribution is -2.35. The molecule has 2 aliphatic carbocycles. The monoisotopic (exact) mass is 595 g/mol. The van der Waals surface area contributed by atoms with E-state index < -0.39 is 18.0 Å². The van der Waals surface area contributed by atoms with Crippen LogP contribution in [0.5, 0.6) is 0 Å². The summed E-state index contributed by atoms with van der Waals surface area (Å²) >= 11 is 0. The molecule has 1 heterocycles. The third-order valence-corrected chi connectivity index (χ3v) is 8.09. The van der Waals surface area contributed by atoms with Crippen LogP contribution in [-0.2, 0) is 31.9 Å². The number of amides is 1. The molecule has 0 bridgehead atoms. The number of fused-ring (bicyclic) bond motifs is 1. The maximum absolute atomic E-state index is 13.0. The fourth-order valence-electron chi connectivity index (χ4n) is 6.24. The van der Waals surface area contributed by atoms with E-state index in [1.54, 1.807) is 6.07 Å². The molecule has 43 heavy (non-hydrogen) atoms. The van der Waals surface area contributed by atoms with E-state index in [0.717, 1.165) is 41.9 Å². The lowest BCUT2D eigenvalue weighted by Gasteiger charge is -2.31. The van der Waals surface area contributed by atoms with Crippen LogP contribution in [0, 0.1) is 5.41 Å². The third-order valence-electron chi connectivity index (χ3n) is 8.09. The van der Waals surface area contributed by atoms with E-state index in [9.17, 15) is 19.2 Å². The molecular formula is C32H45N5O6. The molecule has 1 atom stereocenters. The fourth-order valence-corrected chi connectivity index (χ4v) is 6.24. The number of carbonyl (C=O) groups excluding carboxylic acids is 4. The van der Waals surface area contributed by atoms with E-state index in [0.29, 0.717) is 43.5 Å². The maximum Gasteiger partial charge on any atom is 0.309 e. The average Bonchev–Trinajstić information content (AvgIpc) is 3.26. The van der Waals surface area contributed by atoms with Crippen molar-refractivity contribution in [3.63, 3.8) is 0 Å². The Balaban J connectivity index is 1.45. The van der Waals surface area contributed by atoms with Crippen LogP contribution in [0.1, 0.15) is 98.3 Å². The van der Waals surface area contributed by atoms with Crippen LogP contribution in [0.3, 0.4) is 0 Å². The van der Waals surface area contributed by atoms with Crippen molar-refractivity contribution in [3.05, 3.63) is 40.7 Å². The summed E-state index contributed by atoms with van der Waals surface area (Å²) in [6.45, 7) is 7.94. The molecule has 1 aromatic carbocycles. The summed E-state index contributed by atoms with van der Waals surface area (Å²) in [5.41, 5.74) is 9.74. The summed E-state index contributed by atoms with van der Waals surface area (Å²) in [6, 6.07) is 5.45. The number of ether oxygens (including phenoxy) is 2. The lowest BCUT2D eigenvalue weighted by molar-refractivity contribution is -0.158. The van der Waals surface area contributed by atoms with Gasteiger partial charge in [0.05, 0.1) is 34.6 Å². The van der Waals surface area contributed by atoms with Gasteiger partial charge in [0.25, 0.3) is 5.91 Å². The highest BCUT2D eigenvalue weighted by atomic mass is 16.6. The van der Waals surface area contributed by atoms with Gasteiger partial charge in [-0.05, 0) is 76.2 Å². The first-order valence-corrected chi connectivity index (χ1v) is 15.1. The molecule has 234 valence electrons. The number of anilines is 1. The molecule has 4 rings (SSSR count). The summed E-state index contributed by atoms with van der Waals surface area (Å²) in [4.78, 5) is 51.3. The second-order valence-corrected chi connectivity index (χ2v) is 12.9. The molecule has 3 N–H and O–H groups in total. The first kappa shape index (κ1) is 32.2. The Morgan fingerprint density at radius 3 is 2.47 bits per heavy atom. The molecular weight excluding hydrogens is 550 g/mol. The number of nitrogens with zero attached hydrogens (tertiary/aromatic N) is 3. The Hall–Kier alpha value is -3.73. The number of hydrogen-bond donors (Lipinski definition) is 2. The van der Waals surface area contributed by atoms with Crippen molar-refractivity contribution < 1.29 is 28.7 Å². The number of rotatable bonds is 11. The molecule has 2 aromatic rings. The SMILES string of the molecule is CCc1nn(-c2ccc(C(N)=O)c(NC3CCC(OC(=O)CC(CN(C)C)OC(C)=O)CC3)c2)c2c1C(=O)CC(C)(C)C2. The number of likely N-dealkylation sites (N-methyl/N-ethyl adjacent to an activating group) is 1. The second-order valence-electron chi connectivity index (χ2n) is 12.9. The Kier molecular flexibility index (Phi) is 9.94. The predicted molar refractivity (Wildman–Crippen MR) is 162 cm³/mol. The van der Waals surface area contributed by atoms with E-state index >= 15 is 0 Å². The summed E-state index contributed by atoms with van der Waals surface area (Å²) in [5, 5.41) is 8.33. The van der Waals surface area contributed by atoms with Gasteiger partial charge in [0, 0.05) is 31.6 Å². The Morgan fingerprint density at radius 1 is 1.16 bits per heavy atom. The van der Waals surface area contributed by atoms with Crippen molar-refractivity contribution in [2.24, 2.45) is 11.1 Å². The van der Waals surface area contributed by atoms with Crippen molar-refractivity contribution in [2.75, 3.05) is 26.0 Å². The normalized spacial score (nSPS) is 20.3. The topological polar surface area (TPSA) is 146 Å². The molecule has 1 fully saturated rings. The van der Waals surface area contributed by atoms with Crippen molar-refractivity contribution >= 4 is 29.3 Å². The quantitative estimate of drug-likeness (QED) is 0.370. The number of nitrogens with one attached hydrogen (secondary N) is 1. The Labute approximate surface area is 253 Å². The van der Waals surface area contributed by atoms with E-state index in [1.807, 2.05) is 42.7 Å². The summed E-state index contributed by atoms with van der Waals surface area (Å²) in [5.74, 6) is -1.23. The molecule has 1 saturated carbocycles. The van der Waals surface area contributed by atoms with Crippen LogP contribution in [0.15, 0.2) is 18.2 Å². The lowest BCUT2D eigenvalue weighted by atomic mass is 9.75. The van der Waals surface area contributed by atoms with E-state index in [-0.39, 0.29) is 35.7 Å². The largest absolute Gasteiger partial charge is 0.462 e. The molecule has 0 aliphatic heterocycles. The minimum absolute atomic E-state index is 0.00432. The smallest absolute Gasteiger partial charge is 0.309 e. The molecule has 1 unspecified atom stereocenters. The van der Waals surface area contributed by atoms with Gasteiger partial charge in [-0.3, -0.25) is 19.2 Å². The number of aryl methyl sites for hydroxylation is 1. The highest BCUT2D eigenvalue weighted by molar-refractivity contribution is 6.00. The first-order valence-electron chi connectivity index (χ1n) is 15.1. The van der Waals surface area contributed by atoms with Gasteiger partial charge in [0.2, 0.25) is 0 Å². The zero-order chi connectivity index (χ0) is 31.5. The molecule has 1 amide bonds. The molecule has 2 aliphatic rings. The van der Waals surface area contributed by atoms with Crippen LogP contribution >= 0.6 is 0 Å². The molecule has 0 spiro atoms. The van der Waals surface area contributed by atoms with Crippen LogP contribution in [-0.4, -0.2) is 77.2 Å². The number of primary amides is 1. The van der Waals surface area contributed by atoms with Gasteiger partial charge in [-0.1, -0.05) is 20.8 Å². The van der Waals surface area contributed by atoms with E-state index in [2.05, 4.69) is 19.2 Å². The van der Waals surface area contributed by atoms with Gasteiger partial charge in [-0.15, -0.1) is 0 Å². The molecule has 11 nitrogen and oxygen atoms in total. The van der Waals surface area contributed by atoms with Crippen molar-refractivity contribution in [3.8, 4) is 5.69 Å². The fraction of sp³-hybridized carbons (Fsp3) is 0.594. The second kappa shape index (κ2) is 13.3. The van der Waals surface area contributed by atoms with Gasteiger partial charge in [-0.25, -0.2) is 4.68 Å². The van der Waals surface area contributed by atoms with Gasteiger partial charge >= 0.3 is 11.9 Å². The number of benzene rings is 1. The van der Waals surface area contributed by atoms with Gasteiger partial charge in [0.15, 0.2) is 5.78 Å². The molecule has 0 radical (unpaired) electrons. The highest BCUT2D eigenvalue weighted by Gasteiger charge is 2.36. The van der Waals surface area contributed by atoms with Crippen molar-refractivity contribution in [2.45, 2.75) is 97.3 Å². The number of Topliss-reactive ketones (excluding diaryl/α,β-unsaturated/α-hetero) is 1. The first-order chi connectivity index (χ1) is 20.3. The van der Waals surface area contributed by atoms with Crippen LogP contribution in [0.25, 0.3) is 5.69 Å². The number of carbonyl (C=O) groups is 4. The number of ketones is 1. The Bertz CT molecular complexity index is 1370. The number of nitrogens with two attached hydrogens (primary N) is 1. The van der Waals surface area contributed by atoms with Crippen LogP contribution < -0.4 is 11.1 Å². The van der Waals surface area contributed by atoms with Crippen LogP contribution in [0.4, 0.5) is 5.69 Å². The van der Waals surface area contributed by atoms with Gasteiger partial charge in [0.1, 0.15) is 12.2 Å². The maximum atomic E-state index is 13.0. The number of hydrogen-bond acceptors (Lipinski definition) is 9. The summed E-state index contributed by atoms with van der Waals surface area (Å²) in [7, 11) is 3.70.